The van der Waals surface area contributed by atoms with Crippen LogP contribution in [0.25, 0.3) is 0 Å². The summed E-state index contributed by atoms with van der Waals surface area (Å²) in [7, 11) is 0. The SMILES string of the molecule is Cc1nc(Nc2ccc(Br)c(C(=O)O)c2)ccc1[N+](=O)[O-]. The normalized spacial score (nSPS) is 10.2. The van der Waals surface area contributed by atoms with Crippen LogP contribution in [0.3, 0.4) is 0 Å². The highest BCUT2D eigenvalue weighted by molar-refractivity contribution is 9.10. The Hall–Kier alpha value is -2.48. The van der Waals surface area contributed by atoms with Crippen molar-refractivity contribution in [1.82, 2.24) is 4.98 Å². The van der Waals surface area contributed by atoms with E-state index in [-0.39, 0.29) is 16.9 Å². The third-order valence-corrected chi connectivity index (χ3v) is 3.42. The van der Waals surface area contributed by atoms with Crippen LogP contribution >= 0.6 is 15.9 Å². The van der Waals surface area contributed by atoms with E-state index >= 15 is 0 Å². The second-order valence-corrected chi connectivity index (χ2v) is 5.04. The Labute approximate surface area is 127 Å². The van der Waals surface area contributed by atoms with Gasteiger partial charge in [-0.15, -0.1) is 0 Å². The molecule has 2 aromatic rings. The van der Waals surface area contributed by atoms with Crippen molar-refractivity contribution in [3.8, 4) is 0 Å². The van der Waals surface area contributed by atoms with E-state index in [1.54, 1.807) is 12.1 Å². The first kappa shape index (κ1) is 14.9. The molecule has 1 heterocycles. The average molecular weight is 352 g/mol. The van der Waals surface area contributed by atoms with E-state index in [0.29, 0.717) is 16.0 Å². The van der Waals surface area contributed by atoms with Crippen LogP contribution in [0.15, 0.2) is 34.8 Å². The van der Waals surface area contributed by atoms with Gasteiger partial charge >= 0.3 is 5.97 Å². The minimum atomic E-state index is -1.06. The van der Waals surface area contributed by atoms with E-state index < -0.39 is 10.9 Å². The predicted molar refractivity (Wildman–Crippen MR) is 80.0 cm³/mol. The zero-order valence-electron chi connectivity index (χ0n) is 10.8. The van der Waals surface area contributed by atoms with Crippen LogP contribution in [0, 0.1) is 17.0 Å². The zero-order valence-corrected chi connectivity index (χ0v) is 12.4. The molecule has 0 unspecified atom stereocenters. The summed E-state index contributed by atoms with van der Waals surface area (Å²) in [5, 5.41) is 22.7. The maximum atomic E-state index is 11.1. The monoisotopic (exact) mass is 351 g/mol. The summed E-state index contributed by atoms with van der Waals surface area (Å²) in [6.45, 7) is 1.54. The largest absolute Gasteiger partial charge is 0.478 e. The quantitative estimate of drug-likeness (QED) is 0.644. The molecule has 0 amide bonds. The number of carboxylic acids is 1. The number of nitrogens with zero attached hydrogens (tertiary/aromatic N) is 2. The van der Waals surface area contributed by atoms with Crippen LogP contribution in [0.2, 0.25) is 0 Å². The number of benzene rings is 1. The molecule has 108 valence electrons. The molecular weight excluding hydrogens is 342 g/mol. The van der Waals surface area contributed by atoms with Gasteiger partial charge in [0.05, 0.1) is 10.5 Å². The summed E-state index contributed by atoms with van der Waals surface area (Å²) in [5.74, 6) is -0.657. The molecule has 2 rings (SSSR count). The third kappa shape index (κ3) is 3.34. The van der Waals surface area contributed by atoms with Crippen LogP contribution in [0.5, 0.6) is 0 Å². The van der Waals surface area contributed by atoms with Gasteiger partial charge in [0.15, 0.2) is 0 Å². The van der Waals surface area contributed by atoms with Gasteiger partial charge in [-0.3, -0.25) is 10.1 Å². The fourth-order valence-electron chi connectivity index (χ4n) is 1.73. The van der Waals surface area contributed by atoms with Crippen molar-refractivity contribution >= 4 is 39.1 Å². The lowest BCUT2D eigenvalue weighted by Gasteiger charge is -2.08. The van der Waals surface area contributed by atoms with E-state index in [9.17, 15) is 14.9 Å². The second-order valence-electron chi connectivity index (χ2n) is 4.18. The van der Waals surface area contributed by atoms with Gasteiger partial charge in [-0.1, -0.05) is 0 Å². The Morgan fingerprint density at radius 2 is 2.10 bits per heavy atom. The Morgan fingerprint density at radius 3 is 2.67 bits per heavy atom. The van der Waals surface area contributed by atoms with Crippen LogP contribution in [-0.4, -0.2) is 21.0 Å². The van der Waals surface area contributed by atoms with E-state index in [4.69, 9.17) is 5.11 Å². The highest BCUT2D eigenvalue weighted by Crippen LogP contribution is 2.24. The molecule has 0 fully saturated rings. The van der Waals surface area contributed by atoms with Crippen molar-refractivity contribution in [2.24, 2.45) is 0 Å². The summed E-state index contributed by atoms with van der Waals surface area (Å²) in [5.41, 5.74) is 0.845. The lowest BCUT2D eigenvalue weighted by Crippen LogP contribution is -2.01. The predicted octanol–water partition coefficient (Wildman–Crippen LogP) is 3.50. The number of pyridine rings is 1. The van der Waals surface area contributed by atoms with Crippen LogP contribution in [0.1, 0.15) is 16.1 Å². The zero-order chi connectivity index (χ0) is 15.6. The molecule has 0 saturated carbocycles. The summed E-state index contributed by atoms with van der Waals surface area (Å²) in [4.78, 5) is 25.3. The number of aromatic nitrogens is 1. The topological polar surface area (TPSA) is 105 Å². The van der Waals surface area contributed by atoms with Gasteiger partial charge < -0.3 is 10.4 Å². The Kier molecular flexibility index (Phi) is 4.18. The van der Waals surface area contributed by atoms with E-state index in [1.807, 2.05) is 0 Å². The number of rotatable bonds is 4. The highest BCUT2D eigenvalue weighted by atomic mass is 79.9. The molecule has 21 heavy (non-hydrogen) atoms. The van der Waals surface area contributed by atoms with Crippen LogP contribution in [0.4, 0.5) is 17.2 Å². The maximum Gasteiger partial charge on any atom is 0.336 e. The molecule has 8 heteroatoms. The number of carbonyl (C=O) groups is 1. The molecular formula is C13H10BrN3O4. The standard InChI is InChI=1S/C13H10BrN3O4/c1-7-11(17(20)21)4-5-12(15-7)16-8-2-3-10(14)9(6-8)13(18)19/h2-6H,1H3,(H,15,16)(H,18,19). The van der Waals surface area contributed by atoms with Crippen molar-refractivity contribution in [3.05, 3.63) is 56.2 Å². The number of nitro groups is 1. The Morgan fingerprint density at radius 1 is 1.38 bits per heavy atom. The second kappa shape index (κ2) is 5.88. The number of nitrogens with one attached hydrogen (secondary N) is 1. The molecule has 0 aliphatic carbocycles. The summed E-state index contributed by atoms with van der Waals surface area (Å²) < 4.78 is 0.466. The molecule has 0 radical (unpaired) electrons. The number of aromatic carboxylic acids is 1. The van der Waals surface area contributed by atoms with Crippen molar-refractivity contribution < 1.29 is 14.8 Å². The lowest BCUT2D eigenvalue weighted by atomic mass is 10.2. The molecule has 0 bridgehead atoms. The van der Waals surface area contributed by atoms with Gasteiger partial charge in [0.1, 0.15) is 11.5 Å². The van der Waals surface area contributed by atoms with Gasteiger partial charge in [-0.25, -0.2) is 9.78 Å². The van der Waals surface area contributed by atoms with Gasteiger partial charge in [-0.05, 0) is 47.1 Å². The summed E-state index contributed by atoms with van der Waals surface area (Å²) in [6.07, 6.45) is 0. The number of aryl methyl sites for hydroxylation is 1. The molecule has 0 aliphatic heterocycles. The van der Waals surface area contributed by atoms with Crippen molar-refractivity contribution in [1.29, 1.82) is 0 Å². The first-order valence-corrected chi connectivity index (χ1v) is 6.59. The fourth-order valence-corrected chi connectivity index (χ4v) is 2.15. The van der Waals surface area contributed by atoms with E-state index in [0.717, 1.165) is 0 Å². The van der Waals surface area contributed by atoms with Crippen molar-refractivity contribution in [2.45, 2.75) is 6.92 Å². The van der Waals surface area contributed by atoms with Crippen molar-refractivity contribution in [3.63, 3.8) is 0 Å². The molecule has 2 N–H and O–H groups in total. The first-order chi connectivity index (χ1) is 9.88. The lowest BCUT2D eigenvalue weighted by molar-refractivity contribution is -0.385. The van der Waals surface area contributed by atoms with Crippen molar-refractivity contribution in [2.75, 3.05) is 5.32 Å². The third-order valence-electron chi connectivity index (χ3n) is 2.72. The Bertz CT molecular complexity index is 733. The fraction of sp³-hybridized carbons (Fsp3) is 0.0769. The number of hydrogen-bond donors (Lipinski definition) is 2. The molecule has 0 spiro atoms. The number of halogens is 1. The molecule has 1 aromatic carbocycles. The van der Waals surface area contributed by atoms with Crippen LogP contribution in [-0.2, 0) is 0 Å². The number of hydrogen-bond acceptors (Lipinski definition) is 5. The highest BCUT2D eigenvalue weighted by Gasteiger charge is 2.13. The number of carboxylic acid groups (broad SMARTS) is 1. The minimum absolute atomic E-state index is 0.0671. The Balaban J connectivity index is 2.30. The van der Waals surface area contributed by atoms with Gasteiger partial charge in [0, 0.05) is 16.2 Å². The minimum Gasteiger partial charge on any atom is -0.478 e. The molecule has 0 saturated heterocycles. The van der Waals surface area contributed by atoms with E-state index in [2.05, 4.69) is 26.2 Å². The van der Waals surface area contributed by atoms with Gasteiger partial charge in [0.25, 0.3) is 5.69 Å². The molecule has 0 atom stereocenters. The van der Waals surface area contributed by atoms with Gasteiger partial charge in [0.2, 0.25) is 0 Å². The summed E-state index contributed by atoms with van der Waals surface area (Å²) >= 11 is 3.15. The smallest absolute Gasteiger partial charge is 0.336 e. The average Bonchev–Trinajstić information content (AvgIpc) is 2.40. The maximum absolute atomic E-state index is 11.1. The first-order valence-electron chi connectivity index (χ1n) is 5.80. The van der Waals surface area contributed by atoms with Crippen LogP contribution < -0.4 is 5.32 Å². The van der Waals surface area contributed by atoms with E-state index in [1.165, 1.54) is 25.1 Å². The molecule has 0 aliphatic rings. The summed E-state index contributed by atoms with van der Waals surface area (Å²) in [6, 6.07) is 7.54. The number of anilines is 2. The molecule has 1 aromatic heterocycles. The van der Waals surface area contributed by atoms with Gasteiger partial charge in [-0.2, -0.15) is 0 Å². The molecule has 7 nitrogen and oxygen atoms in total.